The van der Waals surface area contributed by atoms with E-state index in [-0.39, 0.29) is 5.97 Å². The molecule has 0 N–H and O–H groups in total. The Morgan fingerprint density at radius 1 is 1.19 bits per heavy atom. The van der Waals surface area contributed by atoms with E-state index in [9.17, 15) is 4.79 Å². The van der Waals surface area contributed by atoms with E-state index in [0.29, 0.717) is 18.9 Å². The first-order valence-electron chi connectivity index (χ1n) is 5.69. The lowest BCUT2D eigenvalue weighted by Crippen LogP contribution is -2.09. The third kappa shape index (κ3) is 3.23. The molecule has 0 spiro atoms. The van der Waals surface area contributed by atoms with Crippen LogP contribution in [0.15, 0.2) is 42.5 Å². The number of esters is 1. The van der Waals surface area contributed by atoms with Gasteiger partial charge in [-0.25, -0.2) is 0 Å². The zero-order valence-corrected chi connectivity index (χ0v) is 9.26. The van der Waals surface area contributed by atoms with E-state index in [1.807, 2.05) is 30.3 Å². The SMILES string of the molecule is O=C(CC1CC=CC1)OCc1ccccc1. The lowest BCUT2D eigenvalue weighted by atomic mass is 10.0. The van der Waals surface area contributed by atoms with Crippen molar-refractivity contribution in [2.45, 2.75) is 25.9 Å². The number of rotatable bonds is 4. The van der Waals surface area contributed by atoms with Crippen LogP contribution < -0.4 is 0 Å². The van der Waals surface area contributed by atoms with Crippen LogP contribution in [0.4, 0.5) is 0 Å². The molecule has 0 heterocycles. The maximum absolute atomic E-state index is 11.5. The first kappa shape index (κ1) is 10.9. The van der Waals surface area contributed by atoms with Crippen molar-refractivity contribution in [3.63, 3.8) is 0 Å². The third-order valence-corrected chi connectivity index (χ3v) is 2.80. The average Bonchev–Trinajstić information content (AvgIpc) is 2.81. The first-order valence-corrected chi connectivity index (χ1v) is 5.69. The van der Waals surface area contributed by atoms with E-state index in [1.165, 1.54) is 0 Å². The van der Waals surface area contributed by atoms with Crippen molar-refractivity contribution in [1.29, 1.82) is 0 Å². The van der Waals surface area contributed by atoms with E-state index in [4.69, 9.17) is 4.74 Å². The van der Waals surface area contributed by atoms with Gasteiger partial charge in [0.2, 0.25) is 0 Å². The molecule has 2 heteroatoms. The Balaban J connectivity index is 1.71. The lowest BCUT2D eigenvalue weighted by molar-refractivity contribution is -0.146. The van der Waals surface area contributed by atoms with Gasteiger partial charge in [-0.1, -0.05) is 42.5 Å². The van der Waals surface area contributed by atoms with Crippen LogP contribution in [-0.4, -0.2) is 5.97 Å². The number of allylic oxidation sites excluding steroid dienone is 2. The second kappa shape index (κ2) is 5.50. The summed E-state index contributed by atoms with van der Waals surface area (Å²) < 4.78 is 5.22. The van der Waals surface area contributed by atoms with Crippen molar-refractivity contribution in [2.75, 3.05) is 0 Å². The number of hydrogen-bond donors (Lipinski definition) is 0. The Morgan fingerprint density at radius 2 is 1.88 bits per heavy atom. The third-order valence-electron chi connectivity index (χ3n) is 2.80. The Kier molecular flexibility index (Phi) is 3.76. The minimum atomic E-state index is -0.0856. The Labute approximate surface area is 95.9 Å². The molecule has 2 rings (SSSR count). The van der Waals surface area contributed by atoms with Gasteiger partial charge in [-0.15, -0.1) is 0 Å². The van der Waals surface area contributed by atoms with E-state index in [0.717, 1.165) is 18.4 Å². The molecular formula is C14H16O2. The van der Waals surface area contributed by atoms with Gasteiger partial charge in [0, 0.05) is 6.42 Å². The van der Waals surface area contributed by atoms with Crippen molar-refractivity contribution >= 4 is 5.97 Å². The number of benzene rings is 1. The predicted octanol–water partition coefficient (Wildman–Crippen LogP) is 3.09. The predicted molar refractivity (Wildman–Crippen MR) is 62.7 cm³/mol. The van der Waals surface area contributed by atoms with Gasteiger partial charge in [0.15, 0.2) is 0 Å². The van der Waals surface area contributed by atoms with E-state index in [1.54, 1.807) is 0 Å². The van der Waals surface area contributed by atoms with Gasteiger partial charge in [0.1, 0.15) is 6.61 Å². The molecule has 2 nitrogen and oxygen atoms in total. The number of ether oxygens (including phenoxy) is 1. The molecule has 0 bridgehead atoms. The van der Waals surface area contributed by atoms with Gasteiger partial charge in [-0.05, 0) is 24.3 Å². The molecule has 0 atom stereocenters. The minimum absolute atomic E-state index is 0.0856. The fourth-order valence-electron chi connectivity index (χ4n) is 1.87. The Morgan fingerprint density at radius 3 is 2.56 bits per heavy atom. The quantitative estimate of drug-likeness (QED) is 0.571. The standard InChI is InChI=1S/C14H16O2/c15-14(10-12-6-4-5-7-12)16-11-13-8-2-1-3-9-13/h1-5,8-9,12H,6-7,10-11H2. The monoisotopic (exact) mass is 216 g/mol. The highest BCUT2D eigenvalue weighted by atomic mass is 16.5. The van der Waals surface area contributed by atoms with Crippen LogP contribution in [-0.2, 0) is 16.1 Å². The Bertz CT molecular complexity index is 360. The van der Waals surface area contributed by atoms with Gasteiger partial charge in [-0.2, -0.15) is 0 Å². The molecule has 1 aromatic carbocycles. The van der Waals surface area contributed by atoms with E-state index in [2.05, 4.69) is 12.2 Å². The molecule has 84 valence electrons. The van der Waals surface area contributed by atoms with Crippen LogP contribution in [0, 0.1) is 5.92 Å². The summed E-state index contributed by atoms with van der Waals surface area (Å²) in [6, 6.07) is 9.78. The summed E-state index contributed by atoms with van der Waals surface area (Å²) in [6.45, 7) is 0.389. The first-order chi connectivity index (χ1) is 7.84. The van der Waals surface area contributed by atoms with Crippen molar-refractivity contribution in [2.24, 2.45) is 5.92 Å². The smallest absolute Gasteiger partial charge is 0.306 e. The molecule has 1 aliphatic carbocycles. The minimum Gasteiger partial charge on any atom is -0.461 e. The average molecular weight is 216 g/mol. The van der Waals surface area contributed by atoms with Gasteiger partial charge >= 0.3 is 5.97 Å². The zero-order chi connectivity index (χ0) is 11.2. The number of hydrogen-bond acceptors (Lipinski definition) is 2. The fraction of sp³-hybridized carbons (Fsp3) is 0.357. The maximum atomic E-state index is 11.5. The van der Waals surface area contributed by atoms with Crippen LogP contribution in [0.5, 0.6) is 0 Å². The van der Waals surface area contributed by atoms with Crippen molar-refractivity contribution in [3.05, 3.63) is 48.0 Å². The summed E-state index contributed by atoms with van der Waals surface area (Å²) in [5.41, 5.74) is 1.04. The molecule has 0 unspecified atom stereocenters. The highest BCUT2D eigenvalue weighted by Gasteiger charge is 2.15. The molecule has 0 saturated carbocycles. The lowest BCUT2D eigenvalue weighted by Gasteiger charge is -2.09. The van der Waals surface area contributed by atoms with Crippen LogP contribution in [0.3, 0.4) is 0 Å². The number of carbonyl (C=O) groups excluding carboxylic acids is 1. The van der Waals surface area contributed by atoms with Gasteiger partial charge < -0.3 is 4.74 Å². The molecule has 0 aliphatic heterocycles. The molecule has 16 heavy (non-hydrogen) atoms. The molecule has 0 radical (unpaired) electrons. The van der Waals surface area contributed by atoms with E-state index >= 15 is 0 Å². The van der Waals surface area contributed by atoms with Crippen molar-refractivity contribution in [3.8, 4) is 0 Å². The summed E-state index contributed by atoms with van der Waals surface area (Å²) in [6.07, 6.45) is 6.84. The van der Waals surface area contributed by atoms with Crippen LogP contribution >= 0.6 is 0 Å². The highest BCUT2D eigenvalue weighted by molar-refractivity contribution is 5.69. The molecule has 0 amide bonds. The van der Waals surface area contributed by atoms with Gasteiger partial charge in [0.25, 0.3) is 0 Å². The molecule has 0 fully saturated rings. The van der Waals surface area contributed by atoms with Crippen molar-refractivity contribution in [1.82, 2.24) is 0 Å². The van der Waals surface area contributed by atoms with Crippen LogP contribution in [0.2, 0.25) is 0 Å². The molecular weight excluding hydrogens is 200 g/mol. The van der Waals surface area contributed by atoms with Gasteiger partial charge in [0.05, 0.1) is 0 Å². The summed E-state index contributed by atoms with van der Waals surface area (Å²) in [7, 11) is 0. The van der Waals surface area contributed by atoms with Crippen molar-refractivity contribution < 1.29 is 9.53 Å². The summed E-state index contributed by atoms with van der Waals surface area (Å²) in [5.74, 6) is 0.376. The Hall–Kier alpha value is -1.57. The van der Waals surface area contributed by atoms with Crippen LogP contribution in [0.1, 0.15) is 24.8 Å². The molecule has 1 aromatic rings. The topological polar surface area (TPSA) is 26.3 Å². The second-order valence-corrected chi connectivity index (χ2v) is 4.16. The zero-order valence-electron chi connectivity index (χ0n) is 9.26. The van der Waals surface area contributed by atoms with E-state index < -0.39 is 0 Å². The summed E-state index contributed by atoms with van der Waals surface area (Å²) in [4.78, 5) is 11.5. The largest absolute Gasteiger partial charge is 0.461 e. The maximum Gasteiger partial charge on any atom is 0.306 e. The molecule has 1 aliphatic rings. The van der Waals surface area contributed by atoms with Gasteiger partial charge in [-0.3, -0.25) is 4.79 Å². The second-order valence-electron chi connectivity index (χ2n) is 4.16. The van der Waals surface area contributed by atoms with Crippen LogP contribution in [0.25, 0.3) is 0 Å². The highest BCUT2D eigenvalue weighted by Crippen LogP contribution is 2.21. The fourth-order valence-corrected chi connectivity index (χ4v) is 1.87. The molecule has 0 aromatic heterocycles. The summed E-state index contributed by atoms with van der Waals surface area (Å²) >= 11 is 0. The normalized spacial score (nSPS) is 15.2. The summed E-state index contributed by atoms with van der Waals surface area (Å²) in [5, 5.41) is 0. The molecule has 0 saturated heterocycles. The number of carbonyl (C=O) groups is 1.